The van der Waals surface area contributed by atoms with Crippen LogP contribution < -0.4 is 10.4 Å². The van der Waals surface area contributed by atoms with Gasteiger partial charge >= 0.3 is 99.8 Å². The molecule has 10 aromatic rings. The van der Waals surface area contributed by atoms with Gasteiger partial charge in [0.15, 0.2) is 0 Å². The second kappa shape index (κ2) is 18.9. The molecule has 0 aliphatic rings. The molecular weight excluding hydrogens is 815 g/mol. The van der Waals surface area contributed by atoms with E-state index in [9.17, 15) is 0 Å². The van der Waals surface area contributed by atoms with Crippen LogP contribution in [-0.4, -0.2) is 5.43 Å². The van der Waals surface area contributed by atoms with Crippen molar-refractivity contribution in [2.45, 2.75) is 13.8 Å². The number of fused-ring (bicyclic) bond motifs is 4. The first kappa shape index (κ1) is 40.8. The SMILES string of the molecule is Cc1cc2c(-c3cccc4ccccc34)cccc2[cH-]1.Cc1cc2c(-c3cccc4ccccc34)cccc2[cH-]1.Cl.Cl.[Zr+2]=[Si](c1ccccc1)c1ccccc1. The minimum absolute atomic E-state index is 0. The predicted molar refractivity (Wildman–Crippen MR) is 247 cm³/mol. The van der Waals surface area contributed by atoms with Crippen LogP contribution in [0.15, 0.2) is 206 Å². The van der Waals surface area contributed by atoms with Crippen molar-refractivity contribution < 1.29 is 23.3 Å². The van der Waals surface area contributed by atoms with Crippen molar-refractivity contribution in [3.63, 3.8) is 0 Å². The van der Waals surface area contributed by atoms with E-state index in [1.807, 2.05) is 0 Å². The van der Waals surface area contributed by atoms with Gasteiger partial charge in [0.2, 0.25) is 0 Å². The third-order valence-corrected chi connectivity index (χ3v) is 16.2. The molecule has 0 saturated carbocycles. The Hall–Kier alpha value is -4.82. The second-order valence-electron chi connectivity index (χ2n) is 13.8. The van der Waals surface area contributed by atoms with Gasteiger partial charge in [-0.3, -0.25) is 0 Å². The number of halogens is 2. The number of hydrogen-bond donors (Lipinski definition) is 0. The molecule has 0 saturated heterocycles. The molecule has 0 heterocycles. The molecule has 0 fully saturated rings. The zero-order valence-electron chi connectivity index (χ0n) is 31.4. The third-order valence-electron chi connectivity index (χ3n) is 10.1. The van der Waals surface area contributed by atoms with E-state index in [4.69, 9.17) is 0 Å². The first-order chi connectivity index (χ1) is 26.5. The molecule has 272 valence electrons. The second-order valence-corrected chi connectivity index (χ2v) is 19.4. The fourth-order valence-corrected chi connectivity index (χ4v) is 11.4. The third kappa shape index (κ3) is 8.91. The van der Waals surface area contributed by atoms with Crippen LogP contribution in [0.4, 0.5) is 0 Å². The average Bonchev–Trinajstić information content (AvgIpc) is 3.82. The molecule has 0 aromatic heterocycles. The molecule has 0 atom stereocenters. The first-order valence-electron chi connectivity index (χ1n) is 18.5. The van der Waals surface area contributed by atoms with Crippen LogP contribution in [0.1, 0.15) is 11.1 Å². The molecule has 0 nitrogen and oxygen atoms in total. The average molecular weight is 857 g/mol. The Morgan fingerprint density at radius 1 is 0.357 bits per heavy atom. The zero-order valence-corrected chi connectivity index (χ0v) is 36.5. The summed E-state index contributed by atoms with van der Waals surface area (Å²) in [7, 11) is 0. The summed E-state index contributed by atoms with van der Waals surface area (Å²) >= 11 is 1.64. The maximum absolute atomic E-state index is 2.28. The summed E-state index contributed by atoms with van der Waals surface area (Å²) in [6.07, 6.45) is 0. The Morgan fingerprint density at radius 2 is 0.679 bits per heavy atom. The van der Waals surface area contributed by atoms with Crippen molar-refractivity contribution in [3.05, 3.63) is 217 Å². The standard InChI is InChI=1S/2C20H15.C12H10Si.2ClH.Zr/c2*1-14-12-16-8-5-11-19(20(16)13-14)18-10-4-7-15-6-2-3-9-17(15)18;1-3-7-11(8-4-1)13-12-9-5-2-6-10-12;;;/h2*2-13H,1H3;1-10H;2*1H;/q2*-1;;;;+2. The van der Waals surface area contributed by atoms with Crippen molar-refractivity contribution in [3.8, 4) is 22.3 Å². The normalized spacial score (nSPS) is 10.5. The summed E-state index contributed by atoms with van der Waals surface area (Å²) < 4.78 is 0. The molecule has 0 spiro atoms. The summed E-state index contributed by atoms with van der Waals surface area (Å²) in [5.74, 6) is 0. The molecule has 56 heavy (non-hydrogen) atoms. The molecular formula is C52H42Cl2SiZr. The van der Waals surface area contributed by atoms with E-state index in [0.29, 0.717) is 0 Å². The van der Waals surface area contributed by atoms with E-state index in [-0.39, 0.29) is 24.8 Å². The molecule has 0 bridgehead atoms. The number of hydrogen-bond acceptors (Lipinski definition) is 0. The van der Waals surface area contributed by atoms with Gasteiger partial charge in [-0.1, -0.05) is 122 Å². The number of aryl methyl sites for hydroxylation is 2. The molecule has 10 aromatic carbocycles. The summed E-state index contributed by atoms with van der Waals surface area (Å²) in [4.78, 5) is 0. The topological polar surface area (TPSA) is 0 Å². The van der Waals surface area contributed by atoms with Gasteiger partial charge in [0.1, 0.15) is 0 Å². The molecule has 4 heteroatoms. The monoisotopic (exact) mass is 854 g/mol. The van der Waals surface area contributed by atoms with E-state index >= 15 is 0 Å². The van der Waals surface area contributed by atoms with E-state index in [0.717, 1.165) is 0 Å². The fraction of sp³-hybridized carbons (Fsp3) is 0.0385. The zero-order chi connectivity index (χ0) is 36.9. The fourth-order valence-electron chi connectivity index (χ4n) is 7.54. The molecule has 0 radical (unpaired) electrons. The molecule has 10 rings (SSSR count). The maximum atomic E-state index is 2.28. The van der Waals surface area contributed by atoms with Crippen molar-refractivity contribution in [2.75, 3.05) is 0 Å². The van der Waals surface area contributed by atoms with Gasteiger partial charge in [0.25, 0.3) is 0 Å². The van der Waals surface area contributed by atoms with Crippen molar-refractivity contribution in [1.82, 2.24) is 0 Å². The van der Waals surface area contributed by atoms with Gasteiger partial charge in [-0.05, 0) is 32.7 Å². The number of rotatable bonds is 4. The van der Waals surface area contributed by atoms with Crippen LogP contribution in [0.2, 0.25) is 0 Å². The summed E-state index contributed by atoms with van der Waals surface area (Å²) in [6, 6.07) is 74.2. The summed E-state index contributed by atoms with van der Waals surface area (Å²) in [5.41, 5.74) is 7.49. The van der Waals surface area contributed by atoms with Crippen molar-refractivity contribution in [2.24, 2.45) is 0 Å². The van der Waals surface area contributed by atoms with Crippen LogP contribution in [0.3, 0.4) is 0 Å². The van der Waals surface area contributed by atoms with E-state index in [2.05, 4.69) is 220 Å². The summed E-state index contributed by atoms with van der Waals surface area (Å²) in [5, 5.41) is 13.6. The van der Waals surface area contributed by atoms with E-state index in [1.54, 1.807) is 23.3 Å². The van der Waals surface area contributed by atoms with Crippen molar-refractivity contribution in [1.29, 1.82) is 0 Å². The quantitative estimate of drug-likeness (QED) is 0.122. The van der Waals surface area contributed by atoms with Crippen LogP contribution in [0.25, 0.3) is 65.3 Å². The van der Waals surface area contributed by atoms with Crippen LogP contribution in [0, 0.1) is 13.8 Å². The molecule has 0 unspecified atom stereocenters. The van der Waals surface area contributed by atoms with Crippen LogP contribution in [0.5, 0.6) is 0 Å². The van der Waals surface area contributed by atoms with Gasteiger partial charge in [0.05, 0.1) is 0 Å². The van der Waals surface area contributed by atoms with E-state index < -0.39 is 5.43 Å². The Bertz CT molecular complexity index is 2660. The Labute approximate surface area is 357 Å². The molecule has 0 aliphatic carbocycles. The Kier molecular flexibility index (Phi) is 13.8. The van der Waals surface area contributed by atoms with E-state index in [1.165, 1.54) is 86.8 Å². The van der Waals surface area contributed by atoms with Gasteiger partial charge in [-0.2, -0.15) is 12.1 Å². The summed E-state index contributed by atoms with van der Waals surface area (Å²) in [6.45, 7) is 4.32. The number of benzene rings is 8. The Balaban J connectivity index is 0.000000142. The Morgan fingerprint density at radius 3 is 1.09 bits per heavy atom. The molecule has 0 aliphatic heterocycles. The minimum atomic E-state index is -0.455. The van der Waals surface area contributed by atoms with Gasteiger partial charge in [0, 0.05) is 0 Å². The van der Waals surface area contributed by atoms with Crippen LogP contribution >= 0.6 is 24.8 Å². The van der Waals surface area contributed by atoms with Gasteiger partial charge in [-0.15, -0.1) is 93.9 Å². The van der Waals surface area contributed by atoms with Crippen LogP contribution in [-0.2, 0) is 23.3 Å². The first-order valence-corrected chi connectivity index (χ1v) is 23.7. The van der Waals surface area contributed by atoms with Gasteiger partial charge in [-0.25, -0.2) is 0 Å². The predicted octanol–water partition coefficient (Wildman–Crippen LogP) is 13.6. The van der Waals surface area contributed by atoms with Crippen molar-refractivity contribution >= 4 is 83.7 Å². The molecule has 0 amide bonds. The van der Waals surface area contributed by atoms with Gasteiger partial charge < -0.3 is 0 Å². The molecule has 0 N–H and O–H groups in total.